The van der Waals surface area contributed by atoms with Gasteiger partial charge in [0.1, 0.15) is 0 Å². The van der Waals surface area contributed by atoms with E-state index in [2.05, 4.69) is 39.0 Å². The molecule has 0 aliphatic carbocycles. The second-order valence-corrected chi connectivity index (χ2v) is 4.95. The van der Waals surface area contributed by atoms with E-state index in [9.17, 15) is 4.79 Å². The summed E-state index contributed by atoms with van der Waals surface area (Å²) >= 11 is 3.52. The zero-order valence-corrected chi connectivity index (χ0v) is 12.0. The third-order valence-corrected chi connectivity index (χ3v) is 3.33. The van der Waals surface area contributed by atoms with Gasteiger partial charge in [0.25, 0.3) is 0 Å². The van der Waals surface area contributed by atoms with Crippen molar-refractivity contribution in [1.82, 2.24) is 5.32 Å². The Hall–Kier alpha value is -0.870. The highest BCUT2D eigenvalue weighted by Crippen LogP contribution is 2.23. The fourth-order valence-corrected chi connectivity index (χ4v) is 2.36. The van der Waals surface area contributed by atoms with Gasteiger partial charge in [-0.25, -0.2) is 0 Å². The van der Waals surface area contributed by atoms with Crippen LogP contribution in [0.4, 0.5) is 0 Å². The molecule has 17 heavy (non-hydrogen) atoms. The Bertz CT molecular complexity index is 381. The molecule has 0 aliphatic rings. The lowest BCUT2D eigenvalue weighted by atomic mass is 10.1. The minimum atomic E-state index is -0.190. The van der Waals surface area contributed by atoms with Crippen molar-refractivity contribution in [3.05, 3.63) is 34.3 Å². The van der Waals surface area contributed by atoms with Crippen molar-refractivity contribution in [2.45, 2.75) is 32.4 Å². The minimum absolute atomic E-state index is 0.0876. The molecule has 0 fully saturated rings. The molecular formula is C13H18BrNO2. The monoisotopic (exact) mass is 299 g/mol. The smallest absolute Gasteiger partial charge is 0.307 e. The zero-order chi connectivity index (χ0) is 12.8. The van der Waals surface area contributed by atoms with Crippen LogP contribution in [-0.4, -0.2) is 19.1 Å². The number of benzene rings is 1. The van der Waals surface area contributed by atoms with Crippen LogP contribution < -0.4 is 5.32 Å². The van der Waals surface area contributed by atoms with Crippen molar-refractivity contribution in [3.8, 4) is 0 Å². The van der Waals surface area contributed by atoms with Crippen molar-refractivity contribution in [1.29, 1.82) is 0 Å². The quantitative estimate of drug-likeness (QED) is 0.849. The molecule has 2 unspecified atom stereocenters. The summed E-state index contributed by atoms with van der Waals surface area (Å²) in [7, 11) is 1.41. The molecule has 1 aromatic rings. The van der Waals surface area contributed by atoms with Crippen LogP contribution in [0.5, 0.6) is 0 Å². The highest BCUT2D eigenvalue weighted by molar-refractivity contribution is 9.10. The van der Waals surface area contributed by atoms with Gasteiger partial charge in [-0.2, -0.15) is 0 Å². The lowest BCUT2D eigenvalue weighted by Crippen LogP contribution is -2.31. The van der Waals surface area contributed by atoms with E-state index < -0.39 is 0 Å². The third kappa shape index (κ3) is 4.48. The van der Waals surface area contributed by atoms with Gasteiger partial charge in [0.05, 0.1) is 13.5 Å². The summed E-state index contributed by atoms with van der Waals surface area (Å²) in [6.07, 6.45) is 0.380. The van der Waals surface area contributed by atoms with E-state index in [0.29, 0.717) is 6.42 Å². The Morgan fingerprint density at radius 1 is 1.41 bits per heavy atom. The number of methoxy groups -OCH3 is 1. The molecule has 1 rings (SSSR count). The number of nitrogens with one attached hydrogen (secondary N) is 1. The van der Waals surface area contributed by atoms with Crippen LogP contribution in [0.2, 0.25) is 0 Å². The Morgan fingerprint density at radius 2 is 2.06 bits per heavy atom. The molecule has 4 heteroatoms. The molecule has 0 spiro atoms. The van der Waals surface area contributed by atoms with Crippen LogP contribution in [-0.2, 0) is 9.53 Å². The van der Waals surface area contributed by atoms with E-state index in [-0.39, 0.29) is 18.1 Å². The van der Waals surface area contributed by atoms with Gasteiger partial charge in [-0.1, -0.05) is 34.1 Å². The fraction of sp³-hybridized carbons (Fsp3) is 0.462. The van der Waals surface area contributed by atoms with E-state index in [1.54, 1.807) is 0 Å². The molecule has 0 aromatic heterocycles. The maximum Gasteiger partial charge on any atom is 0.307 e. The minimum Gasteiger partial charge on any atom is -0.469 e. The summed E-state index contributed by atoms with van der Waals surface area (Å²) in [5.41, 5.74) is 1.18. The summed E-state index contributed by atoms with van der Waals surface area (Å²) in [5, 5.41) is 3.37. The van der Waals surface area contributed by atoms with Gasteiger partial charge in [0, 0.05) is 16.6 Å². The maximum absolute atomic E-state index is 11.1. The molecule has 1 N–H and O–H groups in total. The maximum atomic E-state index is 11.1. The van der Waals surface area contributed by atoms with E-state index in [0.717, 1.165) is 4.47 Å². The first-order valence-corrected chi connectivity index (χ1v) is 6.41. The van der Waals surface area contributed by atoms with E-state index in [1.165, 1.54) is 12.7 Å². The predicted octanol–water partition coefficient (Wildman–Crippen LogP) is 3.05. The average molecular weight is 300 g/mol. The number of carbonyl (C=O) groups excluding carboxylic acids is 1. The van der Waals surface area contributed by atoms with Crippen LogP contribution in [0.25, 0.3) is 0 Å². The molecule has 0 aliphatic heterocycles. The summed E-state index contributed by atoms with van der Waals surface area (Å²) in [6.45, 7) is 4.05. The van der Waals surface area contributed by atoms with Crippen LogP contribution in [0.1, 0.15) is 31.9 Å². The first-order valence-electron chi connectivity index (χ1n) is 5.62. The lowest BCUT2D eigenvalue weighted by Gasteiger charge is -2.20. The van der Waals surface area contributed by atoms with Gasteiger partial charge in [0.15, 0.2) is 0 Å². The molecule has 94 valence electrons. The van der Waals surface area contributed by atoms with Crippen LogP contribution >= 0.6 is 15.9 Å². The van der Waals surface area contributed by atoms with Gasteiger partial charge in [-0.3, -0.25) is 4.79 Å². The largest absolute Gasteiger partial charge is 0.469 e. The third-order valence-electron chi connectivity index (χ3n) is 2.61. The fourth-order valence-electron chi connectivity index (χ4n) is 1.74. The van der Waals surface area contributed by atoms with Crippen molar-refractivity contribution in [3.63, 3.8) is 0 Å². The first kappa shape index (κ1) is 14.2. The molecule has 3 nitrogen and oxygen atoms in total. The molecule has 0 heterocycles. The number of hydrogen-bond acceptors (Lipinski definition) is 3. The Morgan fingerprint density at radius 3 is 2.65 bits per heavy atom. The number of ether oxygens (including phenoxy) is 1. The number of rotatable bonds is 5. The van der Waals surface area contributed by atoms with Gasteiger partial charge >= 0.3 is 5.97 Å². The molecule has 0 saturated carbocycles. The van der Waals surface area contributed by atoms with Crippen molar-refractivity contribution in [2.24, 2.45) is 0 Å². The average Bonchev–Trinajstić information content (AvgIpc) is 2.29. The molecular weight excluding hydrogens is 282 g/mol. The SMILES string of the molecule is COC(=O)CC(C)NC(C)c1ccccc1Br. The van der Waals surface area contributed by atoms with Crippen molar-refractivity contribution in [2.75, 3.05) is 7.11 Å². The second kappa shape index (κ2) is 6.77. The molecule has 2 atom stereocenters. The van der Waals surface area contributed by atoms with Gasteiger partial charge in [0.2, 0.25) is 0 Å². The molecule has 0 radical (unpaired) electrons. The zero-order valence-electron chi connectivity index (χ0n) is 10.4. The number of esters is 1. The highest BCUT2D eigenvalue weighted by atomic mass is 79.9. The van der Waals surface area contributed by atoms with Crippen LogP contribution in [0.15, 0.2) is 28.7 Å². The summed E-state index contributed by atoms with van der Waals surface area (Å²) in [6, 6.07) is 8.33. The lowest BCUT2D eigenvalue weighted by molar-refractivity contribution is -0.141. The molecule has 0 amide bonds. The van der Waals surface area contributed by atoms with E-state index >= 15 is 0 Å². The van der Waals surface area contributed by atoms with Gasteiger partial charge in [-0.05, 0) is 25.5 Å². The van der Waals surface area contributed by atoms with Gasteiger partial charge in [-0.15, -0.1) is 0 Å². The number of halogens is 1. The first-order chi connectivity index (χ1) is 8.04. The topological polar surface area (TPSA) is 38.3 Å². The van der Waals surface area contributed by atoms with Crippen molar-refractivity contribution >= 4 is 21.9 Å². The van der Waals surface area contributed by atoms with E-state index in [4.69, 9.17) is 0 Å². The number of carbonyl (C=O) groups is 1. The molecule has 1 aromatic carbocycles. The van der Waals surface area contributed by atoms with Crippen LogP contribution in [0, 0.1) is 0 Å². The standard InChI is InChI=1S/C13H18BrNO2/c1-9(8-13(16)17-3)15-10(2)11-6-4-5-7-12(11)14/h4-7,9-10,15H,8H2,1-3H3. The summed E-state index contributed by atoms with van der Waals surface area (Å²) < 4.78 is 5.72. The Labute approximate surface area is 111 Å². The summed E-state index contributed by atoms with van der Waals surface area (Å²) in [4.78, 5) is 11.1. The Kier molecular flexibility index (Phi) is 5.65. The number of hydrogen-bond donors (Lipinski definition) is 1. The van der Waals surface area contributed by atoms with Crippen LogP contribution in [0.3, 0.4) is 0 Å². The molecule has 0 bridgehead atoms. The Balaban J connectivity index is 2.57. The normalized spacial score (nSPS) is 14.1. The van der Waals surface area contributed by atoms with E-state index in [1.807, 2.05) is 25.1 Å². The predicted molar refractivity (Wildman–Crippen MR) is 71.8 cm³/mol. The van der Waals surface area contributed by atoms with Crippen molar-refractivity contribution < 1.29 is 9.53 Å². The molecule has 0 saturated heterocycles. The highest BCUT2D eigenvalue weighted by Gasteiger charge is 2.14. The van der Waals surface area contributed by atoms with Gasteiger partial charge < -0.3 is 10.1 Å². The second-order valence-electron chi connectivity index (χ2n) is 4.09. The summed E-state index contributed by atoms with van der Waals surface area (Å²) in [5.74, 6) is -0.190.